The van der Waals surface area contributed by atoms with E-state index < -0.39 is 0 Å². The molecule has 1 aromatic carbocycles. The molecule has 4 atom stereocenters. The molecule has 2 fully saturated rings. The summed E-state index contributed by atoms with van der Waals surface area (Å²) >= 11 is 0. The van der Waals surface area contributed by atoms with Crippen molar-refractivity contribution < 1.29 is 9.84 Å². The van der Waals surface area contributed by atoms with E-state index in [9.17, 15) is 5.11 Å². The molecule has 1 N–H and O–H groups in total. The van der Waals surface area contributed by atoms with Crippen molar-refractivity contribution in [2.24, 2.45) is 5.92 Å². The molecule has 2 unspecified atom stereocenters. The number of rotatable bonds is 2. The standard InChI is InChI=1S/C19H27NO2/c1-13-18-10-14-5-6-15(21)11-17(14)19(13,2)7-8-20(18)12-16-4-3-9-22-16/h5-6,11,13,16,18,21H,3-4,7-10,12H2,1-2H3/t13?,16-,18-,19?/m1/s1. The number of piperidine rings is 1. The second-order valence-corrected chi connectivity index (χ2v) is 7.70. The highest BCUT2D eigenvalue weighted by Crippen LogP contribution is 2.49. The van der Waals surface area contributed by atoms with E-state index in [1.807, 2.05) is 12.1 Å². The van der Waals surface area contributed by atoms with E-state index in [0.717, 1.165) is 26.1 Å². The van der Waals surface area contributed by atoms with Crippen molar-refractivity contribution in [3.63, 3.8) is 0 Å². The van der Waals surface area contributed by atoms with Gasteiger partial charge in [-0.05, 0) is 66.8 Å². The summed E-state index contributed by atoms with van der Waals surface area (Å²) < 4.78 is 5.86. The fourth-order valence-electron chi connectivity index (χ4n) is 4.97. The summed E-state index contributed by atoms with van der Waals surface area (Å²) in [7, 11) is 0. The Morgan fingerprint density at radius 3 is 3.05 bits per heavy atom. The number of aromatic hydroxyl groups is 1. The smallest absolute Gasteiger partial charge is 0.115 e. The Balaban J connectivity index is 1.63. The molecule has 3 aliphatic rings. The van der Waals surface area contributed by atoms with Crippen LogP contribution in [-0.2, 0) is 16.6 Å². The number of fused-ring (bicyclic) bond motifs is 4. The van der Waals surface area contributed by atoms with Crippen LogP contribution in [0, 0.1) is 5.92 Å². The fourth-order valence-corrected chi connectivity index (χ4v) is 4.97. The summed E-state index contributed by atoms with van der Waals surface area (Å²) in [6, 6.07) is 6.60. The van der Waals surface area contributed by atoms with Gasteiger partial charge in [0.1, 0.15) is 5.75 Å². The number of ether oxygens (including phenoxy) is 1. The van der Waals surface area contributed by atoms with Crippen LogP contribution in [-0.4, -0.2) is 41.8 Å². The third-order valence-corrected chi connectivity index (χ3v) is 6.57. The highest BCUT2D eigenvalue weighted by molar-refractivity contribution is 5.44. The molecule has 0 amide bonds. The van der Waals surface area contributed by atoms with Crippen LogP contribution in [0.3, 0.4) is 0 Å². The van der Waals surface area contributed by atoms with Crippen LogP contribution in [0.4, 0.5) is 0 Å². The van der Waals surface area contributed by atoms with Crippen molar-refractivity contribution >= 4 is 0 Å². The quantitative estimate of drug-likeness (QED) is 0.911. The Kier molecular flexibility index (Phi) is 3.46. The van der Waals surface area contributed by atoms with Crippen LogP contribution in [0.1, 0.15) is 44.2 Å². The molecule has 120 valence electrons. The zero-order chi connectivity index (χ0) is 15.3. The zero-order valence-corrected chi connectivity index (χ0v) is 13.7. The molecule has 2 heterocycles. The van der Waals surface area contributed by atoms with Crippen LogP contribution >= 0.6 is 0 Å². The predicted molar refractivity (Wildman–Crippen MR) is 87.3 cm³/mol. The van der Waals surface area contributed by atoms with E-state index in [1.165, 1.54) is 30.4 Å². The van der Waals surface area contributed by atoms with Crippen molar-refractivity contribution in [3.8, 4) is 5.75 Å². The molecule has 2 aliphatic heterocycles. The molecule has 22 heavy (non-hydrogen) atoms. The van der Waals surface area contributed by atoms with Crippen LogP contribution in [0.25, 0.3) is 0 Å². The number of hydrogen-bond donors (Lipinski definition) is 1. The van der Waals surface area contributed by atoms with E-state index in [0.29, 0.717) is 23.8 Å². The Bertz CT molecular complexity index is 567. The Morgan fingerprint density at radius 1 is 1.41 bits per heavy atom. The van der Waals surface area contributed by atoms with Crippen LogP contribution in [0.2, 0.25) is 0 Å². The minimum Gasteiger partial charge on any atom is -0.508 e. The van der Waals surface area contributed by atoms with Gasteiger partial charge in [-0.25, -0.2) is 0 Å². The lowest BCUT2D eigenvalue weighted by Gasteiger charge is -2.55. The average molecular weight is 301 g/mol. The number of hydrogen-bond acceptors (Lipinski definition) is 3. The molecule has 3 nitrogen and oxygen atoms in total. The second-order valence-electron chi connectivity index (χ2n) is 7.70. The summed E-state index contributed by atoms with van der Waals surface area (Å²) in [6.45, 7) is 7.99. The van der Waals surface area contributed by atoms with Gasteiger partial charge in [0.25, 0.3) is 0 Å². The molecule has 1 aromatic rings. The third kappa shape index (κ3) is 2.17. The largest absolute Gasteiger partial charge is 0.508 e. The van der Waals surface area contributed by atoms with E-state index in [-0.39, 0.29) is 5.41 Å². The highest BCUT2D eigenvalue weighted by Gasteiger charge is 2.48. The van der Waals surface area contributed by atoms with Crippen molar-refractivity contribution in [1.29, 1.82) is 0 Å². The van der Waals surface area contributed by atoms with Gasteiger partial charge in [-0.2, -0.15) is 0 Å². The molecule has 3 heteroatoms. The third-order valence-electron chi connectivity index (χ3n) is 6.57. The molecule has 4 rings (SSSR count). The summed E-state index contributed by atoms with van der Waals surface area (Å²) in [6.07, 6.45) is 5.17. The number of phenolic OH excluding ortho intramolecular Hbond substituents is 1. The van der Waals surface area contributed by atoms with Crippen molar-refractivity contribution in [1.82, 2.24) is 4.90 Å². The van der Waals surface area contributed by atoms with Crippen molar-refractivity contribution in [2.75, 3.05) is 19.7 Å². The van der Waals surface area contributed by atoms with Gasteiger partial charge in [0.05, 0.1) is 6.10 Å². The van der Waals surface area contributed by atoms with Crippen molar-refractivity contribution in [3.05, 3.63) is 29.3 Å². The van der Waals surface area contributed by atoms with E-state index in [2.05, 4.69) is 24.8 Å². The van der Waals surface area contributed by atoms with Gasteiger partial charge < -0.3 is 9.84 Å². The van der Waals surface area contributed by atoms with Gasteiger partial charge in [-0.3, -0.25) is 4.90 Å². The molecule has 0 radical (unpaired) electrons. The molecule has 0 saturated carbocycles. The SMILES string of the molecule is CC1[C@H]2Cc3ccc(O)cc3C1(C)CCN2C[C@H]1CCCO1. The van der Waals surface area contributed by atoms with Gasteiger partial charge in [0.15, 0.2) is 0 Å². The molecule has 0 aromatic heterocycles. The summed E-state index contributed by atoms with van der Waals surface area (Å²) in [5.74, 6) is 1.03. The second kappa shape index (κ2) is 5.24. The van der Waals surface area contributed by atoms with Crippen LogP contribution < -0.4 is 0 Å². The maximum atomic E-state index is 9.90. The maximum absolute atomic E-state index is 9.90. The van der Waals surface area contributed by atoms with Gasteiger partial charge >= 0.3 is 0 Å². The molecule has 0 spiro atoms. The first-order chi connectivity index (χ1) is 10.6. The topological polar surface area (TPSA) is 32.7 Å². The van der Waals surface area contributed by atoms with Gasteiger partial charge in [0.2, 0.25) is 0 Å². The Morgan fingerprint density at radius 2 is 2.27 bits per heavy atom. The lowest BCUT2D eigenvalue weighted by molar-refractivity contribution is -0.00671. The first kappa shape index (κ1) is 14.5. The van der Waals surface area contributed by atoms with Gasteiger partial charge in [-0.1, -0.05) is 19.9 Å². The molecular weight excluding hydrogens is 274 g/mol. The van der Waals surface area contributed by atoms with Crippen LogP contribution in [0.5, 0.6) is 5.75 Å². The first-order valence-electron chi connectivity index (χ1n) is 8.76. The Labute approximate surface area is 133 Å². The first-order valence-corrected chi connectivity index (χ1v) is 8.76. The van der Waals surface area contributed by atoms with Gasteiger partial charge in [0, 0.05) is 19.2 Å². The minimum absolute atomic E-state index is 0.198. The lowest BCUT2D eigenvalue weighted by Crippen LogP contribution is -2.59. The maximum Gasteiger partial charge on any atom is 0.115 e. The Hall–Kier alpha value is -1.06. The fraction of sp³-hybridized carbons (Fsp3) is 0.684. The van der Waals surface area contributed by atoms with Gasteiger partial charge in [-0.15, -0.1) is 0 Å². The molecule has 2 saturated heterocycles. The molecule has 1 aliphatic carbocycles. The lowest BCUT2D eigenvalue weighted by atomic mass is 9.59. The average Bonchev–Trinajstić information content (AvgIpc) is 3.00. The predicted octanol–water partition coefficient (Wildman–Crippen LogP) is 3.10. The number of phenols is 1. The normalized spacial score (nSPS) is 38.0. The van der Waals surface area contributed by atoms with E-state index in [1.54, 1.807) is 0 Å². The van der Waals surface area contributed by atoms with Crippen LogP contribution in [0.15, 0.2) is 18.2 Å². The summed E-state index contributed by atoms with van der Waals surface area (Å²) in [5.41, 5.74) is 3.01. The van der Waals surface area contributed by atoms with Crippen molar-refractivity contribution in [2.45, 2.75) is 57.1 Å². The number of nitrogens with zero attached hydrogens (tertiary/aromatic N) is 1. The summed E-state index contributed by atoms with van der Waals surface area (Å²) in [4.78, 5) is 2.68. The molecular formula is C19H27NO2. The number of benzene rings is 1. The number of likely N-dealkylation sites (tertiary alicyclic amines) is 1. The minimum atomic E-state index is 0.198. The van der Waals surface area contributed by atoms with E-state index in [4.69, 9.17) is 4.74 Å². The summed E-state index contributed by atoms with van der Waals surface area (Å²) in [5, 5.41) is 9.90. The molecule has 2 bridgehead atoms. The monoisotopic (exact) mass is 301 g/mol. The highest BCUT2D eigenvalue weighted by atomic mass is 16.5. The zero-order valence-electron chi connectivity index (χ0n) is 13.7. The van der Waals surface area contributed by atoms with E-state index >= 15 is 0 Å².